The number of Topliss-reactive ketones (excluding diaryl/α,β-unsaturated/α-hetero) is 1. The molecule has 3 nitrogen and oxygen atoms in total. The number of ketones is 1. The Balaban J connectivity index is 4.40. The lowest BCUT2D eigenvalue weighted by Crippen LogP contribution is -2.42. The number of carbonyl (C=O) groups excluding carboxylic acids is 2. The molecule has 1 amide bonds. The van der Waals surface area contributed by atoms with Crippen LogP contribution in [0.25, 0.3) is 0 Å². The first-order valence-electron chi connectivity index (χ1n) is 3.66. The van der Waals surface area contributed by atoms with Gasteiger partial charge in [0.05, 0.1) is 6.54 Å². The molecule has 0 aromatic heterocycles. The van der Waals surface area contributed by atoms with Crippen molar-refractivity contribution in [2.24, 2.45) is 0 Å². The number of carbonyl (C=O) groups is 2. The molecule has 0 N–H and O–H groups in total. The highest BCUT2D eigenvalue weighted by Crippen LogP contribution is 2.16. The summed E-state index contributed by atoms with van der Waals surface area (Å²) in [7, 11) is 0. The highest BCUT2D eigenvalue weighted by Gasteiger charge is 2.33. The van der Waals surface area contributed by atoms with Crippen LogP contribution < -0.4 is 0 Å². The number of hydrogen-bond donors (Lipinski definition) is 0. The fourth-order valence-corrected chi connectivity index (χ4v) is 0.971. The SMILES string of the molecule is CC(=O)CN(CC(F)(F)F)C(=O)CCl. The number of halogens is 4. The van der Waals surface area contributed by atoms with Gasteiger partial charge in [-0.3, -0.25) is 9.59 Å². The summed E-state index contributed by atoms with van der Waals surface area (Å²) in [5, 5.41) is 0. The molecule has 0 saturated carbocycles. The lowest BCUT2D eigenvalue weighted by molar-refractivity contribution is -0.161. The Morgan fingerprint density at radius 1 is 1.36 bits per heavy atom. The lowest BCUT2D eigenvalue weighted by atomic mass is 10.3. The van der Waals surface area contributed by atoms with Crippen LogP contribution in [0.1, 0.15) is 6.92 Å². The quantitative estimate of drug-likeness (QED) is 0.682. The average Bonchev–Trinajstić information content (AvgIpc) is 1.98. The zero-order chi connectivity index (χ0) is 11.4. The van der Waals surface area contributed by atoms with Crippen molar-refractivity contribution < 1.29 is 22.8 Å². The molecule has 0 unspecified atom stereocenters. The predicted octanol–water partition coefficient (Wildman–Crippen LogP) is 1.21. The van der Waals surface area contributed by atoms with Gasteiger partial charge in [0.15, 0.2) is 0 Å². The Bertz CT molecular complexity index is 229. The van der Waals surface area contributed by atoms with Gasteiger partial charge in [-0.2, -0.15) is 13.2 Å². The number of alkyl halides is 4. The molecule has 0 aliphatic rings. The van der Waals surface area contributed by atoms with E-state index in [2.05, 4.69) is 0 Å². The standard InChI is InChI=1S/C7H9ClF3NO2/c1-5(13)3-12(6(14)2-8)4-7(9,10)11/h2-4H2,1H3. The van der Waals surface area contributed by atoms with Crippen molar-refractivity contribution in [3.8, 4) is 0 Å². The van der Waals surface area contributed by atoms with E-state index in [4.69, 9.17) is 11.6 Å². The Morgan fingerprint density at radius 3 is 2.14 bits per heavy atom. The Labute approximate surface area is 83.8 Å². The molecule has 82 valence electrons. The molecule has 0 bridgehead atoms. The van der Waals surface area contributed by atoms with Gasteiger partial charge in [-0.15, -0.1) is 11.6 Å². The molecule has 7 heteroatoms. The van der Waals surface area contributed by atoms with Gasteiger partial charge in [-0.05, 0) is 6.92 Å². The van der Waals surface area contributed by atoms with E-state index in [0.29, 0.717) is 4.90 Å². The molecule has 0 rings (SSSR count). The highest BCUT2D eigenvalue weighted by molar-refractivity contribution is 6.27. The number of rotatable bonds is 4. The Morgan fingerprint density at radius 2 is 1.86 bits per heavy atom. The van der Waals surface area contributed by atoms with Gasteiger partial charge in [0.2, 0.25) is 5.91 Å². The normalized spacial score (nSPS) is 11.2. The number of nitrogens with zero attached hydrogens (tertiary/aromatic N) is 1. The minimum Gasteiger partial charge on any atom is -0.325 e. The van der Waals surface area contributed by atoms with Crippen LogP contribution in [0.4, 0.5) is 13.2 Å². The van der Waals surface area contributed by atoms with E-state index in [1.54, 1.807) is 0 Å². The third-order valence-electron chi connectivity index (χ3n) is 1.25. The van der Waals surface area contributed by atoms with Gasteiger partial charge in [0.1, 0.15) is 18.2 Å². The van der Waals surface area contributed by atoms with Crippen LogP contribution in [-0.4, -0.2) is 41.7 Å². The van der Waals surface area contributed by atoms with Crippen molar-refractivity contribution in [1.82, 2.24) is 4.90 Å². The smallest absolute Gasteiger partial charge is 0.325 e. The summed E-state index contributed by atoms with van der Waals surface area (Å²) in [6.45, 7) is -0.909. The monoisotopic (exact) mass is 231 g/mol. The fraction of sp³-hybridized carbons (Fsp3) is 0.714. The summed E-state index contributed by atoms with van der Waals surface area (Å²) in [4.78, 5) is 21.8. The van der Waals surface area contributed by atoms with Gasteiger partial charge >= 0.3 is 6.18 Å². The summed E-state index contributed by atoms with van der Waals surface area (Å²) >= 11 is 5.09. The minimum atomic E-state index is -4.52. The molecule has 0 aliphatic carbocycles. The van der Waals surface area contributed by atoms with Crippen LogP contribution in [-0.2, 0) is 9.59 Å². The van der Waals surface area contributed by atoms with E-state index in [-0.39, 0.29) is 0 Å². The van der Waals surface area contributed by atoms with Gasteiger partial charge < -0.3 is 4.90 Å². The summed E-state index contributed by atoms with van der Waals surface area (Å²) < 4.78 is 35.7. The third kappa shape index (κ3) is 5.80. The van der Waals surface area contributed by atoms with Crippen LogP contribution >= 0.6 is 11.6 Å². The first-order valence-corrected chi connectivity index (χ1v) is 4.19. The van der Waals surface area contributed by atoms with Crippen molar-refractivity contribution in [2.75, 3.05) is 19.0 Å². The minimum absolute atomic E-state index is 0.384. The molecule has 0 fully saturated rings. The lowest BCUT2D eigenvalue weighted by Gasteiger charge is -2.21. The Hall–Kier alpha value is -0.780. The van der Waals surface area contributed by atoms with Crippen molar-refractivity contribution in [2.45, 2.75) is 13.1 Å². The largest absolute Gasteiger partial charge is 0.406 e. The fourth-order valence-electron chi connectivity index (χ4n) is 0.802. The second kappa shape index (κ2) is 5.19. The highest BCUT2D eigenvalue weighted by atomic mass is 35.5. The zero-order valence-electron chi connectivity index (χ0n) is 7.40. The maximum absolute atomic E-state index is 11.9. The molecule has 0 aromatic rings. The van der Waals surface area contributed by atoms with E-state index in [9.17, 15) is 22.8 Å². The predicted molar refractivity (Wildman–Crippen MR) is 44.0 cm³/mol. The van der Waals surface area contributed by atoms with Crippen LogP contribution in [0.2, 0.25) is 0 Å². The summed E-state index contributed by atoms with van der Waals surface area (Å²) in [5.41, 5.74) is 0. The zero-order valence-corrected chi connectivity index (χ0v) is 8.15. The topological polar surface area (TPSA) is 37.4 Å². The van der Waals surface area contributed by atoms with E-state index >= 15 is 0 Å². The molecule has 0 heterocycles. The maximum Gasteiger partial charge on any atom is 0.406 e. The molecule has 0 radical (unpaired) electrons. The van der Waals surface area contributed by atoms with Crippen LogP contribution in [0.5, 0.6) is 0 Å². The van der Waals surface area contributed by atoms with Crippen molar-refractivity contribution in [3.63, 3.8) is 0 Å². The van der Waals surface area contributed by atoms with Crippen molar-refractivity contribution >= 4 is 23.3 Å². The molecule has 0 aliphatic heterocycles. The first kappa shape index (κ1) is 13.2. The molecular weight excluding hydrogens is 223 g/mol. The molecule has 0 spiro atoms. The molecular formula is C7H9ClF3NO2. The summed E-state index contributed by atoms with van der Waals surface area (Å²) in [5.74, 6) is -1.99. The number of amides is 1. The molecule has 0 atom stereocenters. The van der Waals surface area contributed by atoms with Crippen molar-refractivity contribution in [3.05, 3.63) is 0 Å². The third-order valence-corrected chi connectivity index (χ3v) is 1.48. The number of hydrogen-bond acceptors (Lipinski definition) is 2. The average molecular weight is 232 g/mol. The van der Waals surface area contributed by atoms with Crippen molar-refractivity contribution in [1.29, 1.82) is 0 Å². The molecule has 0 saturated heterocycles. The van der Waals surface area contributed by atoms with Gasteiger partial charge in [0, 0.05) is 0 Å². The summed E-state index contributed by atoms with van der Waals surface area (Å²) in [6, 6.07) is 0. The van der Waals surface area contributed by atoms with Gasteiger partial charge in [0.25, 0.3) is 0 Å². The molecule has 14 heavy (non-hydrogen) atoms. The molecule has 0 aromatic carbocycles. The van der Waals surface area contributed by atoms with E-state index in [1.165, 1.54) is 0 Å². The van der Waals surface area contributed by atoms with Crippen LogP contribution in [0.3, 0.4) is 0 Å². The van der Waals surface area contributed by atoms with Gasteiger partial charge in [-0.25, -0.2) is 0 Å². The van der Waals surface area contributed by atoms with E-state index in [0.717, 1.165) is 6.92 Å². The second-order valence-electron chi connectivity index (χ2n) is 2.70. The first-order chi connectivity index (χ1) is 6.26. The van der Waals surface area contributed by atoms with E-state index < -0.39 is 36.8 Å². The maximum atomic E-state index is 11.9. The Kier molecular flexibility index (Phi) is 4.90. The van der Waals surface area contributed by atoms with Crippen LogP contribution in [0, 0.1) is 0 Å². The van der Waals surface area contributed by atoms with E-state index in [1.807, 2.05) is 0 Å². The van der Waals surface area contributed by atoms with Gasteiger partial charge in [-0.1, -0.05) is 0 Å². The van der Waals surface area contributed by atoms with Crippen LogP contribution in [0.15, 0.2) is 0 Å². The summed E-state index contributed by atoms with van der Waals surface area (Å²) in [6.07, 6.45) is -4.52. The second-order valence-corrected chi connectivity index (χ2v) is 2.97.